The van der Waals surface area contributed by atoms with Gasteiger partial charge in [0.2, 0.25) is 0 Å². The molecule has 0 aromatic carbocycles. The number of carboxylic acids is 1. The number of hydrogen-bond acceptors (Lipinski definition) is 2. The largest absolute Gasteiger partial charge is 0.481 e. The first-order chi connectivity index (χ1) is 9.01. The second-order valence-corrected chi connectivity index (χ2v) is 5.64. The third-order valence-electron chi connectivity index (χ3n) is 4.03. The van der Waals surface area contributed by atoms with Crippen molar-refractivity contribution in [3.05, 3.63) is 0 Å². The quantitative estimate of drug-likeness (QED) is 0.634. The number of amides is 2. The first-order valence-electron chi connectivity index (χ1n) is 7.27. The Kier molecular flexibility index (Phi) is 6.12. The molecule has 19 heavy (non-hydrogen) atoms. The zero-order chi connectivity index (χ0) is 14.3. The third-order valence-corrected chi connectivity index (χ3v) is 4.03. The summed E-state index contributed by atoms with van der Waals surface area (Å²) in [5, 5.41) is 14.7. The number of carboxylic acid groups (broad SMARTS) is 1. The fourth-order valence-electron chi connectivity index (χ4n) is 2.64. The van der Waals surface area contributed by atoms with Crippen LogP contribution in [0.2, 0.25) is 0 Å². The molecule has 0 spiro atoms. The molecule has 0 bridgehead atoms. The highest BCUT2D eigenvalue weighted by molar-refractivity contribution is 5.74. The Morgan fingerprint density at radius 3 is 2.42 bits per heavy atom. The molecule has 5 nitrogen and oxygen atoms in total. The topological polar surface area (TPSA) is 78.4 Å². The van der Waals surface area contributed by atoms with Gasteiger partial charge in [-0.2, -0.15) is 0 Å². The van der Waals surface area contributed by atoms with Crippen molar-refractivity contribution in [1.29, 1.82) is 0 Å². The maximum absolute atomic E-state index is 11.8. The van der Waals surface area contributed by atoms with Crippen LogP contribution in [-0.2, 0) is 4.79 Å². The van der Waals surface area contributed by atoms with Crippen molar-refractivity contribution in [3.63, 3.8) is 0 Å². The van der Waals surface area contributed by atoms with Gasteiger partial charge in [-0.25, -0.2) is 4.79 Å². The highest BCUT2D eigenvalue weighted by atomic mass is 16.4. The summed E-state index contributed by atoms with van der Waals surface area (Å²) in [6.07, 6.45) is 5.94. The van der Waals surface area contributed by atoms with Crippen LogP contribution < -0.4 is 10.6 Å². The first-order valence-corrected chi connectivity index (χ1v) is 7.27. The Bertz CT molecular complexity index is 314. The van der Waals surface area contributed by atoms with Crippen LogP contribution in [0.3, 0.4) is 0 Å². The summed E-state index contributed by atoms with van der Waals surface area (Å²) in [7, 11) is 0. The molecular formula is C14H26N2O3. The average molecular weight is 270 g/mol. The summed E-state index contributed by atoms with van der Waals surface area (Å²) in [6.45, 7) is 4.62. The van der Waals surface area contributed by atoms with Crippen LogP contribution in [0.5, 0.6) is 0 Å². The molecule has 1 saturated carbocycles. The number of aliphatic carboxylic acids is 1. The van der Waals surface area contributed by atoms with Gasteiger partial charge in [0, 0.05) is 12.6 Å². The molecule has 1 rings (SSSR count). The van der Waals surface area contributed by atoms with E-state index < -0.39 is 5.97 Å². The van der Waals surface area contributed by atoms with E-state index in [0.29, 0.717) is 6.54 Å². The Hall–Kier alpha value is -1.26. The molecule has 1 unspecified atom stereocenters. The van der Waals surface area contributed by atoms with Crippen LogP contribution >= 0.6 is 0 Å². The van der Waals surface area contributed by atoms with Crippen LogP contribution in [0, 0.1) is 5.41 Å². The van der Waals surface area contributed by atoms with Gasteiger partial charge in [0.1, 0.15) is 0 Å². The van der Waals surface area contributed by atoms with Crippen molar-refractivity contribution in [2.45, 2.75) is 64.8 Å². The second kappa shape index (κ2) is 7.36. The Morgan fingerprint density at radius 1 is 1.32 bits per heavy atom. The normalized spacial score (nSPS) is 18.2. The lowest BCUT2D eigenvalue weighted by Gasteiger charge is -2.40. The number of carbonyl (C=O) groups excluding carboxylic acids is 1. The molecule has 5 heteroatoms. The molecule has 2 amide bonds. The molecular weight excluding hydrogens is 244 g/mol. The van der Waals surface area contributed by atoms with Crippen LogP contribution in [0.15, 0.2) is 0 Å². The van der Waals surface area contributed by atoms with E-state index in [4.69, 9.17) is 5.11 Å². The summed E-state index contributed by atoms with van der Waals surface area (Å²) in [5.74, 6) is -0.778. The summed E-state index contributed by atoms with van der Waals surface area (Å²) in [5.41, 5.74) is -0.213. The van der Waals surface area contributed by atoms with Gasteiger partial charge in [0.05, 0.1) is 6.42 Å². The lowest BCUT2D eigenvalue weighted by atomic mass is 9.66. The number of urea groups is 1. The van der Waals surface area contributed by atoms with Crippen LogP contribution in [-0.4, -0.2) is 29.7 Å². The van der Waals surface area contributed by atoms with E-state index in [0.717, 1.165) is 38.5 Å². The Labute approximate surface area is 115 Å². The molecule has 0 aliphatic heterocycles. The van der Waals surface area contributed by atoms with Crippen molar-refractivity contribution in [2.24, 2.45) is 5.41 Å². The maximum Gasteiger partial charge on any atom is 0.315 e. The van der Waals surface area contributed by atoms with E-state index in [2.05, 4.69) is 24.5 Å². The predicted octanol–water partition coefficient (Wildman–Crippen LogP) is 2.51. The fraction of sp³-hybridized carbons (Fsp3) is 0.857. The fourth-order valence-corrected chi connectivity index (χ4v) is 2.64. The smallest absolute Gasteiger partial charge is 0.315 e. The Balaban J connectivity index is 2.34. The highest BCUT2D eigenvalue weighted by Gasteiger charge is 2.39. The summed E-state index contributed by atoms with van der Waals surface area (Å²) in [4.78, 5) is 22.6. The van der Waals surface area contributed by atoms with Gasteiger partial charge in [0.25, 0.3) is 0 Å². The van der Waals surface area contributed by atoms with Gasteiger partial charge < -0.3 is 15.7 Å². The lowest BCUT2D eigenvalue weighted by Crippen LogP contribution is -2.48. The monoisotopic (exact) mass is 270 g/mol. The van der Waals surface area contributed by atoms with Gasteiger partial charge in [-0.15, -0.1) is 0 Å². The van der Waals surface area contributed by atoms with Crippen molar-refractivity contribution in [1.82, 2.24) is 10.6 Å². The molecule has 0 aromatic heterocycles. The van der Waals surface area contributed by atoms with Crippen molar-refractivity contribution < 1.29 is 14.7 Å². The van der Waals surface area contributed by atoms with E-state index in [1.165, 1.54) is 0 Å². The van der Waals surface area contributed by atoms with Crippen LogP contribution in [0.1, 0.15) is 58.8 Å². The molecule has 0 saturated heterocycles. The van der Waals surface area contributed by atoms with Gasteiger partial charge in [-0.05, 0) is 31.1 Å². The highest BCUT2D eigenvalue weighted by Crippen LogP contribution is 2.43. The number of rotatable bonds is 8. The Morgan fingerprint density at radius 2 is 2.00 bits per heavy atom. The van der Waals surface area contributed by atoms with E-state index in [-0.39, 0.29) is 23.9 Å². The number of hydrogen-bond donors (Lipinski definition) is 3. The molecule has 1 fully saturated rings. The molecule has 1 aliphatic carbocycles. The molecule has 0 heterocycles. The summed E-state index contributed by atoms with van der Waals surface area (Å²) >= 11 is 0. The van der Waals surface area contributed by atoms with Crippen molar-refractivity contribution >= 4 is 12.0 Å². The third kappa shape index (κ3) is 5.09. The van der Waals surface area contributed by atoms with Gasteiger partial charge in [-0.3, -0.25) is 4.79 Å². The average Bonchev–Trinajstić information content (AvgIpc) is 2.31. The maximum atomic E-state index is 11.8. The molecule has 0 radical (unpaired) electrons. The predicted molar refractivity (Wildman–Crippen MR) is 74.1 cm³/mol. The molecule has 0 aromatic rings. The van der Waals surface area contributed by atoms with E-state index in [1.54, 1.807) is 0 Å². The summed E-state index contributed by atoms with van der Waals surface area (Å²) < 4.78 is 0. The van der Waals surface area contributed by atoms with Gasteiger partial charge >= 0.3 is 12.0 Å². The number of carbonyl (C=O) groups is 2. The standard InChI is InChI=1S/C14H26N2O3/c1-3-6-11(4-2)16-13(19)15-10-14(7-5-8-14)9-12(17)18/h11H,3-10H2,1-2H3,(H,17,18)(H2,15,16,19). The van der Waals surface area contributed by atoms with E-state index >= 15 is 0 Å². The van der Waals surface area contributed by atoms with Crippen LogP contribution in [0.25, 0.3) is 0 Å². The van der Waals surface area contributed by atoms with Gasteiger partial charge in [-0.1, -0.05) is 26.7 Å². The molecule has 1 aliphatic rings. The molecule has 110 valence electrons. The SMILES string of the molecule is CCCC(CC)NC(=O)NCC1(CC(=O)O)CCC1. The van der Waals surface area contributed by atoms with Gasteiger partial charge in [0.15, 0.2) is 0 Å². The lowest BCUT2D eigenvalue weighted by molar-refractivity contribution is -0.141. The molecule has 3 N–H and O–H groups in total. The minimum atomic E-state index is -0.778. The minimum absolute atomic E-state index is 0.152. The number of nitrogens with one attached hydrogen (secondary N) is 2. The minimum Gasteiger partial charge on any atom is -0.481 e. The first kappa shape index (κ1) is 15.8. The molecule has 1 atom stereocenters. The van der Waals surface area contributed by atoms with E-state index in [1.807, 2.05) is 0 Å². The van der Waals surface area contributed by atoms with Crippen molar-refractivity contribution in [3.8, 4) is 0 Å². The van der Waals surface area contributed by atoms with E-state index in [9.17, 15) is 9.59 Å². The summed E-state index contributed by atoms with van der Waals surface area (Å²) in [6, 6.07) is 0.0405. The second-order valence-electron chi connectivity index (χ2n) is 5.64. The zero-order valence-electron chi connectivity index (χ0n) is 12.0. The zero-order valence-corrected chi connectivity index (χ0v) is 12.0. The van der Waals surface area contributed by atoms with Crippen LogP contribution in [0.4, 0.5) is 4.79 Å². The van der Waals surface area contributed by atoms with Crippen molar-refractivity contribution in [2.75, 3.05) is 6.54 Å².